The van der Waals surface area contributed by atoms with Crippen LogP contribution in [0.3, 0.4) is 0 Å². The largest absolute Gasteiger partial charge is 0.318 e. The van der Waals surface area contributed by atoms with E-state index in [4.69, 9.17) is 0 Å². The molecule has 0 fully saturated rings. The predicted octanol–water partition coefficient (Wildman–Crippen LogP) is 1.96. The number of aromatic nitrogens is 2. The van der Waals surface area contributed by atoms with Gasteiger partial charge in [-0.3, -0.25) is 9.67 Å². The van der Waals surface area contributed by atoms with E-state index in [1.54, 1.807) is 16.4 Å². The first-order chi connectivity index (χ1) is 7.05. The molecule has 0 saturated carbocycles. The molecule has 0 spiro atoms. The molecule has 2 heterocycles. The summed E-state index contributed by atoms with van der Waals surface area (Å²) in [6.45, 7) is 5.36. The molecule has 0 aromatic carbocycles. The number of hydrogen-bond donors (Lipinski definition) is 1. The Labute approximate surface area is 94.2 Å². The standard InChI is InChI=1S/C10H16N4S/c1-10(2)6-11-9(15-7-10)12-8-4-5-14(3)13-8/h4-5H,6-7H2,1-3H3,(H,11,12,13). The number of hydrogen-bond acceptors (Lipinski definition) is 4. The normalized spacial score (nSPS) is 19.8. The molecule has 4 nitrogen and oxygen atoms in total. The van der Waals surface area contributed by atoms with Gasteiger partial charge in [-0.05, 0) is 5.41 Å². The van der Waals surface area contributed by atoms with E-state index < -0.39 is 0 Å². The minimum atomic E-state index is 0.319. The van der Waals surface area contributed by atoms with E-state index in [-0.39, 0.29) is 0 Å². The number of amidine groups is 1. The molecule has 1 aromatic heterocycles. The summed E-state index contributed by atoms with van der Waals surface area (Å²) in [4.78, 5) is 4.51. The van der Waals surface area contributed by atoms with Gasteiger partial charge in [0.2, 0.25) is 0 Å². The topological polar surface area (TPSA) is 42.2 Å². The quantitative estimate of drug-likeness (QED) is 0.793. The maximum atomic E-state index is 4.51. The number of rotatable bonds is 1. The molecule has 1 aliphatic rings. The summed E-state index contributed by atoms with van der Waals surface area (Å²) in [6, 6.07) is 1.95. The minimum absolute atomic E-state index is 0.319. The van der Waals surface area contributed by atoms with E-state index in [1.807, 2.05) is 19.3 Å². The van der Waals surface area contributed by atoms with Gasteiger partial charge in [-0.1, -0.05) is 25.6 Å². The molecule has 82 valence electrons. The van der Waals surface area contributed by atoms with Crippen LogP contribution in [-0.2, 0) is 7.05 Å². The smallest absolute Gasteiger partial charge is 0.162 e. The average molecular weight is 224 g/mol. The molecule has 0 bridgehead atoms. The van der Waals surface area contributed by atoms with E-state index in [0.717, 1.165) is 23.3 Å². The summed E-state index contributed by atoms with van der Waals surface area (Å²) in [5.41, 5.74) is 0.319. The molecule has 0 unspecified atom stereocenters. The van der Waals surface area contributed by atoms with E-state index in [1.165, 1.54) is 0 Å². The number of aliphatic imine (C=N–C) groups is 1. The highest BCUT2D eigenvalue weighted by Crippen LogP contribution is 2.28. The van der Waals surface area contributed by atoms with Crippen LogP contribution < -0.4 is 5.32 Å². The van der Waals surface area contributed by atoms with Gasteiger partial charge in [0.25, 0.3) is 0 Å². The van der Waals surface area contributed by atoms with E-state index in [9.17, 15) is 0 Å². The molecule has 0 saturated heterocycles. The first kappa shape index (κ1) is 10.5. The van der Waals surface area contributed by atoms with Crippen LogP contribution in [0.15, 0.2) is 17.3 Å². The molecular formula is C10H16N4S. The van der Waals surface area contributed by atoms with Gasteiger partial charge in [0.15, 0.2) is 11.0 Å². The van der Waals surface area contributed by atoms with Gasteiger partial charge in [0, 0.05) is 31.6 Å². The van der Waals surface area contributed by atoms with Crippen LogP contribution in [0.1, 0.15) is 13.8 Å². The first-order valence-corrected chi connectivity index (χ1v) is 5.98. The third-order valence-electron chi connectivity index (χ3n) is 2.20. The van der Waals surface area contributed by atoms with Crippen LogP contribution in [0.25, 0.3) is 0 Å². The first-order valence-electron chi connectivity index (χ1n) is 4.99. The van der Waals surface area contributed by atoms with Crippen LogP contribution in [0.2, 0.25) is 0 Å². The fourth-order valence-electron chi connectivity index (χ4n) is 1.31. The van der Waals surface area contributed by atoms with Gasteiger partial charge in [-0.15, -0.1) is 0 Å². The van der Waals surface area contributed by atoms with Crippen LogP contribution >= 0.6 is 11.8 Å². The SMILES string of the molecule is Cn1ccc(NC2=NCC(C)(C)CS2)n1. The lowest BCUT2D eigenvalue weighted by atomic mass is 9.97. The van der Waals surface area contributed by atoms with Crippen molar-refractivity contribution in [1.82, 2.24) is 9.78 Å². The minimum Gasteiger partial charge on any atom is -0.318 e. The number of nitrogens with zero attached hydrogens (tertiary/aromatic N) is 3. The molecule has 2 rings (SSSR count). The van der Waals surface area contributed by atoms with E-state index in [2.05, 4.69) is 29.3 Å². The average Bonchev–Trinajstić information content (AvgIpc) is 2.55. The molecular weight excluding hydrogens is 208 g/mol. The zero-order valence-corrected chi connectivity index (χ0v) is 10.1. The lowest BCUT2D eigenvalue weighted by Crippen LogP contribution is -2.27. The van der Waals surface area contributed by atoms with Crippen molar-refractivity contribution in [3.63, 3.8) is 0 Å². The third kappa shape index (κ3) is 2.75. The predicted molar refractivity (Wildman–Crippen MR) is 65.4 cm³/mol. The van der Waals surface area contributed by atoms with Gasteiger partial charge < -0.3 is 5.32 Å². The van der Waals surface area contributed by atoms with Crippen molar-refractivity contribution in [3.05, 3.63) is 12.3 Å². The van der Waals surface area contributed by atoms with Crippen LogP contribution in [0.5, 0.6) is 0 Å². The number of aryl methyl sites for hydroxylation is 1. The van der Waals surface area contributed by atoms with Gasteiger partial charge >= 0.3 is 0 Å². The second-order valence-electron chi connectivity index (χ2n) is 4.57. The molecule has 15 heavy (non-hydrogen) atoms. The summed E-state index contributed by atoms with van der Waals surface area (Å²) in [6.07, 6.45) is 1.92. The third-order valence-corrected chi connectivity index (χ3v) is 3.63. The van der Waals surface area contributed by atoms with Crippen molar-refractivity contribution in [2.75, 3.05) is 17.6 Å². The Bertz CT molecular complexity index is 381. The molecule has 1 N–H and O–H groups in total. The van der Waals surface area contributed by atoms with Crippen molar-refractivity contribution in [2.45, 2.75) is 13.8 Å². The molecule has 0 aliphatic carbocycles. The Morgan fingerprint density at radius 2 is 2.33 bits per heavy atom. The Balaban J connectivity index is 1.99. The van der Waals surface area contributed by atoms with Crippen LogP contribution in [0, 0.1) is 5.41 Å². The van der Waals surface area contributed by atoms with Crippen molar-refractivity contribution in [3.8, 4) is 0 Å². The maximum Gasteiger partial charge on any atom is 0.162 e. The van der Waals surface area contributed by atoms with Crippen molar-refractivity contribution in [1.29, 1.82) is 0 Å². The van der Waals surface area contributed by atoms with Gasteiger partial charge in [-0.25, -0.2) is 0 Å². The highest BCUT2D eigenvalue weighted by Gasteiger charge is 2.23. The maximum absolute atomic E-state index is 4.51. The van der Waals surface area contributed by atoms with E-state index in [0.29, 0.717) is 5.41 Å². The van der Waals surface area contributed by atoms with Gasteiger partial charge in [0.05, 0.1) is 0 Å². The second kappa shape index (κ2) is 3.89. The van der Waals surface area contributed by atoms with Crippen molar-refractivity contribution < 1.29 is 0 Å². The molecule has 1 aromatic rings. The lowest BCUT2D eigenvalue weighted by Gasteiger charge is -2.26. The Morgan fingerprint density at radius 1 is 1.53 bits per heavy atom. The molecule has 5 heteroatoms. The summed E-state index contributed by atoms with van der Waals surface area (Å²) in [5.74, 6) is 1.97. The fourth-order valence-corrected chi connectivity index (χ4v) is 2.26. The highest BCUT2D eigenvalue weighted by molar-refractivity contribution is 8.14. The zero-order valence-electron chi connectivity index (χ0n) is 9.32. The Morgan fingerprint density at radius 3 is 2.87 bits per heavy atom. The van der Waals surface area contributed by atoms with Gasteiger partial charge in [0.1, 0.15) is 0 Å². The van der Waals surface area contributed by atoms with Crippen LogP contribution in [0.4, 0.5) is 5.82 Å². The fraction of sp³-hybridized carbons (Fsp3) is 0.600. The van der Waals surface area contributed by atoms with Crippen molar-refractivity contribution in [2.24, 2.45) is 17.5 Å². The van der Waals surface area contributed by atoms with Crippen LogP contribution in [-0.4, -0.2) is 27.2 Å². The second-order valence-corrected chi connectivity index (χ2v) is 5.54. The summed E-state index contributed by atoms with van der Waals surface area (Å²) < 4.78 is 1.78. The zero-order chi connectivity index (χ0) is 10.9. The molecule has 1 aliphatic heterocycles. The summed E-state index contributed by atoms with van der Waals surface area (Å²) >= 11 is 1.76. The number of nitrogens with one attached hydrogen (secondary N) is 1. The van der Waals surface area contributed by atoms with Crippen molar-refractivity contribution >= 4 is 22.7 Å². The highest BCUT2D eigenvalue weighted by atomic mass is 32.2. The lowest BCUT2D eigenvalue weighted by molar-refractivity contribution is 0.438. The molecule has 0 radical (unpaired) electrons. The molecule has 0 atom stereocenters. The monoisotopic (exact) mass is 224 g/mol. The summed E-state index contributed by atoms with van der Waals surface area (Å²) in [7, 11) is 1.91. The summed E-state index contributed by atoms with van der Waals surface area (Å²) in [5, 5.41) is 8.45. The Hall–Kier alpha value is -0.970. The number of thioether (sulfide) groups is 1. The van der Waals surface area contributed by atoms with Gasteiger partial charge in [-0.2, -0.15) is 5.10 Å². The number of anilines is 1. The van der Waals surface area contributed by atoms with E-state index >= 15 is 0 Å². The Kier molecular flexibility index (Phi) is 2.73. The molecule has 0 amide bonds.